The molecule has 0 saturated carbocycles. The van der Waals surface area contributed by atoms with E-state index >= 15 is 0 Å². The third kappa shape index (κ3) is 2.19. The van der Waals surface area contributed by atoms with Crippen molar-refractivity contribution in [1.29, 1.82) is 0 Å². The van der Waals surface area contributed by atoms with Gasteiger partial charge < -0.3 is 9.72 Å². The molecule has 0 amide bonds. The average molecular weight is 310 g/mol. The third-order valence-electron chi connectivity index (χ3n) is 6.10. The summed E-state index contributed by atoms with van der Waals surface area (Å²) in [4.78, 5) is 18.4. The van der Waals surface area contributed by atoms with Crippen LogP contribution in [0.1, 0.15) is 42.5 Å². The smallest absolute Gasteiger partial charge is 0.340 e. The number of para-hydroxylation sites is 1. The fourth-order valence-corrected chi connectivity index (χ4v) is 5.09. The van der Waals surface area contributed by atoms with Gasteiger partial charge in [0.1, 0.15) is 6.10 Å². The van der Waals surface area contributed by atoms with Gasteiger partial charge in [-0.1, -0.05) is 18.2 Å². The first-order valence-corrected chi connectivity index (χ1v) is 8.81. The van der Waals surface area contributed by atoms with E-state index in [1.807, 2.05) is 24.3 Å². The molecule has 2 atom stereocenters. The first-order chi connectivity index (χ1) is 11.3. The predicted octanol–water partition coefficient (Wildman–Crippen LogP) is 3.34. The Morgan fingerprint density at radius 1 is 1.13 bits per heavy atom. The first kappa shape index (κ1) is 13.6. The molecule has 0 radical (unpaired) electrons. The lowest BCUT2D eigenvalue weighted by atomic mass is 9.72. The van der Waals surface area contributed by atoms with Crippen molar-refractivity contribution in [2.45, 2.75) is 50.3 Å². The maximum atomic E-state index is 12.6. The van der Waals surface area contributed by atoms with Crippen molar-refractivity contribution in [2.24, 2.45) is 5.92 Å². The van der Waals surface area contributed by atoms with Gasteiger partial charge in [0.25, 0.3) is 0 Å². The normalized spacial score (nSPS) is 35.4. The Balaban J connectivity index is 1.33. The molecular weight excluding hydrogens is 288 g/mol. The number of ether oxygens (including phenoxy) is 1. The van der Waals surface area contributed by atoms with Gasteiger partial charge in [-0.05, 0) is 37.8 Å². The number of aromatic amines is 1. The van der Waals surface area contributed by atoms with Crippen molar-refractivity contribution in [2.75, 3.05) is 6.54 Å². The molecule has 4 bridgehead atoms. The number of hydrogen-bond acceptors (Lipinski definition) is 3. The lowest BCUT2D eigenvalue weighted by Crippen LogP contribution is -2.59. The molecule has 2 aromatic rings. The molecule has 120 valence electrons. The number of fused-ring (bicyclic) bond motifs is 2. The van der Waals surface area contributed by atoms with Crippen LogP contribution >= 0.6 is 0 Å². The molecule has 5 heterocycles. The molecule has 0 spiro atoms. The van der Waals surface area contributed by atoms with E-state index < -0.39 is 0 Å². The monoisotopic (exact) mass is 310 g/mol. The van der Waals surface area contributed by atoms with Crippen molar-refractivity contribution in [3.63, 3.8) is 0 Å². The molecule has 0 aliphatic carbocycles. The van der Waals surface area contributed by atoms with Crippen LogP contribution in [0.4, 0.5) is 0 Å². The van der Waals surface area contributed by atoms with Crippen LogP contribution in [0, 0.1) is 5.92 Å². The Bertz CT molecular complexity index is 737. The molecule has 4 fully saturated rings. The van der Waals surface area contributed by atoms with E-state index in [1.165, 1.54) is 25.8 Å². The molecule has 4 aliphatic heterocycles. The topological polar surface area (TPSA) is 45.3 Å². The zero-order chi connectivity index (χ0) is 15.4. The number of piperidine rings is 4. The molecule has 23 heavy (non-hydrogen) atoms. The number of nitrogens with zero attached hydrogens (tertiary/aromatic N) is 1. The fourth-order valence-electron chi connectivity index (χ4n) is 5.09. The summed E-state index contributed by atoms with van der Waals surface area (Å²) in [5.74, 6) is 0.743. The summed E-state index contributed by atoms with van der Waals surface area (Å²) in [6.07, 6.45) is 7.87. The van der Waals surface area contributed by atoms with Gasteiger partial charge in [-0.15, -0.1) is 0 Å². The predicted molar refractivity (Wildman–Crippen MR) is 88.4 cm³/mol. The fraction of sp³-hybridized carbons (Fsp3) is 0.526. The van der Waals surface area contributed by atoms with Gasteiger partial charge in [0.2, 0.25) is 0 Å². The second-order valence-electron chi connectivity index (χ2n) is 7.42. The highest BCUT2D eigenvalue weighted by molar-refractivity contribution is 6.04. The van der Waals surface area contributed by atoms with Crippen LogP contribution in [-0.4, -0.2) is 40.6 Å². The highest BCUT2D eigenvalue weighted by Gasteiger charge is 2.45. The van der Waals surface area contributed by atoms with Gasteiger partial charge in [0.15, 0.2) is 0 Å². The summed E-state index contributed by atoms with van der Waals surface area (Å²) >= 11 is 0. The van der Waals surface area contributed by atoms with Crippen LogP contribution in [0.2, 0.25) is 0 Å². The van der Waals surface area contributed by atoms with Gasteiger partial charge in [0, 0.05) is 42.0 Å². The van der Waals surface area contributed by atoms with E-state index in [0.29, 0.717) is 17.6 Å². The lowest BCUT2D eigenvalue weighted by Gasteiger charge is -2.55. The number of benzene rings is 1. The number of hydrogen-bond donors (Lipinski definition) is 1. The minimum absolute atomic E-state index is 0.0847. The summed E-state index contributed by atoms with van der Waals surface area (Å²) in [6, 6.07) is 9.18. The molecule has 1 aromatic heterocycles. The van der Waals surface area contributed by atoms with Crippen molar-refractivity contribution in [3.8, 4) is 0 Å². The highest BCUT2D eigenvalue weighted by Crippen LogP contribution is 2.43. The summed E-state index contributed by atoms with van der Waals surface area (Å²) in [6.45, 7) is 1.25. The average Bonchev–Trinajstić information content (AvgIpc) is 2.99. The number of carbonyl (C=O) groups is 1. The Kier molecular flexibility index (Phi) is 3.02. The van der Waals surface area contributed by atoms with E-state index in [9.17, 15) is 4.79 Å². The van der Waals surface area contributed by atoms with Crippen LogP contribution in [-0.2, 0) is 4.74 Å². The van der Waals surface area contributed by atoms with E-state index in [1.54, 1.807) is 6.20 Å². The van der Waals surface area contributed by atoms with Crippen LogP contribution in [0.3, 0.4) is 0 Å². The maximum Gasteiger partial charge on any atom is 0.340 e. The molecule has 4 saturated heterocycles. The van der Waals surface area contributed by atoms with E-state index in [0.717, 1.165) is 29.7 Å². The van der Waals surface area contributed by atoms with Crippen LogP contribution in [0.5, 0.6) is 0 Å². The van der Waals surface area contributed by atoms with Crippen molar-refractivity contribution in [1.82, 2.24) is 9.88 Å². The molecular formula is C19H22N2O2. The van der Waals surface area contributed by atoms with Gasteiger partial charge in [0.05, 0.1) is 5.56 Å². The zero-order valence-electron chi connectivity index (χ0n) is 13.2. The quantitative estimate of drug-likeness (QED) is 0.865. The van der Waals surface area contributed by atoms with Crippen molar-refractivity contribution >= 4 is 16.9 Å². The summed E-state index contributed by atoms with van der Waals surface area (Å²) in [5, 5.41) is 0.955. The molecule has 1 aromatic carbocycles. The SMILES string of the molecule is O=C(OC1CC2CC3CCN2C(C3)C1)c1c[nH]c2ccccc12. The number of carbonyl (C=O) groups excluding carboxylic acids is 1. The number of rotatable bonds is 2. The molecule has 4 heteroatoms. The molecule has 4 aliphatic rings. The van der Waals surface area contributed by atoms with Gasteiger partial charge in [-0.2, -0.15) is 0 Å². The zero-order valence-corrected chi connectivity index (χ0v) is 13.2. The standard InChI is InChI=1S/C19H22N2O2/c22-19(17-11-20-18-4-2-1-3-16(17)18)23-15-9-13-7-12-5-6-21(13)14(8-12)10-15/h1-4,11-15,20H,5-10H2. The lowest BCUT2D eigenvalue weighted by molar-refractivity contribution is -0.0822. The minimum Gasteiger partial charge on any atom is -0.459 e. The molecule has 2 unspecified atom stereocenters. The molecule has 1 N–H and O–H groups in total. The summed E-state index contributed by atoms with van der Waals surface area (Å²) < 4.78 is 5.90. The second-order valence-corrected chi connectivity index (χ2v) is 7.42. The van der Waals surface area contributed by atoms with E-state index in [4.69, 9.17) is 4.74 Å². The van der Waals surface area contributed by atoms with Gasteiger partial charge in [-0.25, -0.2) is 4.79 Å². The highest BCUT2D eigenvalue weighted by atomic mass is 16.5. The Hall–Kier alpha value is -1.81. The number of esters is 1. The Morgan fingerprint density at radius 2 is 1.91 bits per heavy atom. The number of nitrogens with one attached hydrogen (secondary N) is 1. The van der Waals surface area contributed by atoms with Crippen LogP contribution in [0.25, 0.3) is 10.9 Å². The van der Waals surface area contributed by atoms with Crippen molar-refractivity contribution in [3.05, 3.63) is 36.0 Å². The van der Waals surface area contributed by atoms with Gasteiger partial charge in [-0.3, -0.25) is 4.90 Å². The maximum absolute atomic E-state index is 12.6. The van der Waals surface area contributed by atoms with Crippen LogP contribution in [0.15, 0.2) is 30.5 Å². The first-order valence-electron chi connectivity index (χ1n) is 8.81. The van der Waals surface area contributed by atoms with Crippen molar-refractivity contribution < 1.29 is 9.53 Å². The minimum atomic E-state index is -0.174. The second kappa shape index (κ2) is 5.10. The van der Waals surface area contributed by atoms with E-state index in [-0.39, 0.29) is 12.1 Å². The molecule has 6 rings (SSSR count). The number of H-pyrrole nitrogens is 1. The number of aromatic nitrogens is 1. The Labute approximate surface area is 135 Å². The summed E-state index contributed by atoms with van der Waals surface area (Å²) in [7, 11) is 0. The third-order valence-corrected chi connectivity index (χ3v) is 6.10. The Morgan fingerprint density at radius 3 is 2.70 bits per heavy atom. The largest absolute Gasteiger partial charge is 0.459 e. The van der Waals surface area contributed by atoms with Crippen LogP contribution < -0.4 is 0 Å². The molecule has 4 nitrogen and oxygen atoms in total. The summed E-state index contributed by atoms with van der Waals surface area (Å²) in [5.41, 5.74) is 1.65. The van der Waals surface area contributed by atoms with Gasteiger partial charge >= 0.3 is 5.97 Å². The van der Waals surface area contributed by atoms with E-state index in [2.05, 4.69) is 9.88 Å².